The Hall–Kier alpha value is -1.28. The van der Waals surface area contributed by atoms with Crippen LogP contribution in [-0.4, -0.2) is 10.9 Å². The largest absolute Gasteiger partial charge is 0.382 e. The summed E-state index contributed by atoms with van der Waals surface area (Å²) in [6, 6.07) is 2.06. The average molecular weight is 238 g/mol. The van der Waals surface area contributed by atoms with Crippen molar-refractivity contribution in [2.24, 2.45) is 5.92 Å². The molecule has 1 aromatic rings. The van der Waals surface area contributed by atoms with Gasteiger partial charge in [0.2, 0.25) is 0 Å². The predicted molar refractivity (Wildman–Crippen MR) is 68.4 cm³/mol. The minimum Gasteiger partial charge on any atom is -0.382 e. The second kappa shape index (κ2) is 6.33. The molecule has 0 spiro atoms. The second-order valence-corrected chi connectivity index (χ2v) is 4.97. The molecule has 16 heavy (non-hydrogen) atoms. The number of hydrogen-bond donors (Lipinski definition) is 2. The van der Waals surface area contributed by atoms with Gasteiger partial charge in [0.15, 0.2) is 5.82 Å². The minimum absolute atomic E-state index is 0.331. The molecule has 3 N–H and O–H groups in total. The first-order valence-electron chi connectivity index (χ1n) is 5.54. The van der Waals surface area contributed by atoms with Gasteiger partial charge in [0.25, 0.3) is 0 Å². The summed E-state index contributed by atoms with van der Waals surface area (Å²) in [6.45, 7) is 5.33. The van der Waals surface area contributed by atoms with Gasteiger partial charge in [-0.2, -0.15) is 9.64 Å². The fraction of sp³-hybridized carbons (Fsp3) is 0.636. The van der Waals surface area contributed by atoms with Gasteiger partial charge in [-0.05, 0) is 23.9 Å². The van der Waals surface area contributed by atoms with Crippen LogP contribution in [0.5, 0.6) is 0 Å². The van der Waals surface area contributed by atoms with E-state index in [4.69, 9.17) is 11.0 Å². The summed E-state index contributed by atoms with van der Waals surface area (Å²) in [5.41, 5.74) is 6.04. The maximum Gasteiger partial charge on any atom is 0.157 e. The van der Waals surface area contributed by atoms with E-state index in [1.165, 1.54) is 24.4 Å². The Bertz CT molecular complexity index is 365. The molecular weight excluding hydrogens is 220 g/mol. The number of nitrogens with zero attached hydrogens (tertiary/aromatic N) is 2. The van der Waals surface area contributed by atoms with Crippen LogP contribution in [0.15, 0.2) is 0 Å². The highest BCUT2D eigenvalue weighted by atomic mass is 32.1. The van der Waals surface area contributed by atoms with Gasteiger partial charge in [0.1, 0.15) is 16.6 Å². The van der Waals surface area contributed by atoms with Crippen LogP contribution in [0.1, 0.15) is 38.7 Å². The van der Waals surface area contributed by atoms with E-state index in [0.29, 0.717) is 11.4 Å². The highest BCUT2D eigenvalue weighted by Gasteiger charge is 2.09. The van der Waals surface area contributed by atoms with E-state index < -0.39 is 0 Å². The molecule has 0 atom stereocenters. The number of rotatable bonds is 6. The van der Waals surface area contributed by atoms with E-state index in [9.17, 15) is 0 Å². The third-order valence-corrected chi connectivity index (χ3v) is 3.14. The van der Waals surface area contributed by atoms with Gasteiger partial charge in [-0.25, -0.2) is 0 Å². The van der Waals surface area contributed by atoms with E-state index in [2.05, 4.69) is 29.6 Å². The van der Waals surface area contributed by atoms with Crippen LogP contribution in [0, 0.1) is 17.2 Å². The average Bonchev–Trinajstić information content (AvgIpc) is 2.58. The first-order chi connectivity index (χ1) is 7.65. The summed E-state index contributed by atoms with van der Waals surface area (Å²) >= 11 is 1.26. The zero-order valence-corrected chi connectivity index (χ0v) is 10.6. The fourth-order valence-corrected chi connectivity index (χ4v) is 2.10. The molecule has 1 aromatic heterocycles. The molecule has 0 aliphatic rings. The molecule has 0 unspecified atom stereocenters. The maximum atomic E-state index is 8.86. The predicted octanol–water partition coefficient (Wildman–Crippen LogP) is 2.84. The quantitative estimate of drug-likeness (QED) is 0.747. The summed E-state index contributed by atoms with van der Waals surface area (Å²) in [5.74, 6) is 1.09. The molecule has 0 saturated heterocycles. The molecule has 1 heterocycles. The van der Waals surface area contributed by atoms with Crippen LogP contribution < -0.4 is 11.1 Å². The second-order valence-electron chi connectivity index (χ2n) is 4.20. The van der Waals surface area contributed by atoms with Crippen molar-refractivity contribution in [2.45, 2.75) is 33.1 Å². The summed E-state index contributed by atoms with van der Waals surface area (Å²) in [4.78, 5) is 0. The molecule has 0 aliphatic carbocycles. The van der Waals surface area contributed by atoms with Gasteiger partial charge < -0.3 is 11.1 Å². The van der Waals surface area contributed by atoms with Crippen molar-refractivity contribution in [2.75, 3.05) is 17.6 Å². The number of anilines is 2. The maximum absolute atomic E-state index is 8.86. The highest BCUT2D eigenvalue weighted by molar-refractivity contribution is 7.10. The molecule has 0 aromatic carbocycles. The Balaban J connectivity index is 2.30. The van der Waals surface area contributed by atoms with Crippen LogP contribution in [0.3, 0.4) is 0 Å². The smallest absolute Gasteiger partial charge is 0.157 e. The third kappa shape index (κ3) is 3.70. The first kappa shape index (κ1) is 12.8. The van der Waals surface area contributed by atoms with Crippen LogP contribution in [0.2, 0.25) is 0 Å². The zero-order chi connectivity index (χ0) is 12.0. The van der Waals surface area contributed by atoms with E-state index in [1.807, 2.05) is 0 Å². The van der Waals surface area contributed by atoms with E-state index in [-0.39, 0.29) is 0 Å². The topological polar surface area (TPSA) is 74.7 Å². The standard InChI is InChI=1S/C11H18N4S/c1-8(2)5-3-4-6-14-11-9(7-12)10(13)15-16-11/h8,14H,3-6H2,1-2H3,(H2,13,15). The van der Waals surface area contributed by atoms with Crippen molar-refractivity contribution in [3.05, 3.63) is 5.56 Å². The summed E-state index contributed by atoms with van der Waals surface area (Å²) in [6.07, 6.45) is 3.57. The van der Waals surface area contributed by atoms with Crippen LogP contribution >= 0.6 is 11.5 Å². The molecule has 0 fully saturated rings. The van der Waals surface area contributed by atoms with Crippen molar-refractivity contribution in [3.8, 4) is 6.07 Å². The van der Waals surface area contributed by atoms with Crippen molar-refractivity contribution >= 4 is 22.4 Å². The zero-order valence-electron chi connectivity index (χ0n) is 9.79. The lowest BCUT2D eigenvalue weighted by atomic mass is 10.1. The van der Waals surface area contributed by atoms with Crippen LogP contribution in [-0.2, 0) is 0 Å². The van der Waals surface area contributed by atoms with Gasteiger partial charge in [0.05, 0.1) is 0 Å². The number of nitrogen functional groups attached to an aromatic ring is 1. The third-order valence-electron chi connectivity index (χ3n) is 2.32. The lowest BCUT2D eigenvalue weighted by molar-refractivity contribution is 0.545. The molecule has 88 valence electrons. The Morgan fingerprint density at radius 2 is 2.25 bits per heavy atom. The van der Waals surface area contributed by atoms with Gasteiger partial charge in [-0.1, -0.05) is 26.7 Å². The van der Waals surface area contributed by atoms with Crippen LogP contribution in [0.4, 0.5) is 10.8 Å². The number of unbranched alkanes of at least 4 members (excludes halogenated alkanes) is 1. The van der Waals surface area contributed by atoms with Crippen LogP contribution in [0.25, 0.3) is 0 Å². The van der Waals surface area contributed by atoms with Gasteiger partial charge in [-0.3, -0.25) is 0 Å². The lowest BCUT2D eigenvalue weighted by Crippen LogP contribution is -2.02. The summed E-state index contributed by atoms with van der Waals surface area (Å²) < 4.78 is 3.95. The Kier molecular flexibility index (Phi) is 5.06. The molecule has 4 nitrogen and oxygen atoms in total. The normalized spacial score (nSPS) is 10.4. The summed E-state index contributed by atoms with van der Waals surface area (Å²) in [7, 11) is 0. The molecule has 0 amide bonds. The molecule has 1 rings (SSSR count). The number of nitrogens with two attached hydrogens (primary N) is 1. The molecule has 5 heteroatoms. The van der Waals surface area contributed by atoms with E-state index in [1.54, 1.807) is 0 Å². The monoisotopic (exact) mass is 238 g/mol. The fourth-order valence-electron chi connectivity index (χ4n) is 1.41. The van der Waals surface area contributed by atoms with Gasteiger partial charge >= 0.3 is 0 Å². The number of nitriles is 1. The highest BCUT2D eigenvalue weighted by Crippen LogP contribution is 2.25. The molecule has 0 bridgehead atoms. The molecular formula is C11H18N4S. The van der Waals surface area contributed by atoms with E-state index >= 15 is 0 Å². The molecule has 0 saturated carbocycles. The number of nitrogens with one attached hydrogen (secondary N) is 1. The Labute approximate surface area is 101 Å². The molecule has 0 aliphatic heterocycles. The van der Waals surface area contributed by atoms with Gasteiger partial charge in [0, 0.05) is 6.54 Å². The molecule has 0 radical (unpaired) electrons. The summed E-state index contributed by atoms with van der Waals surface area (Å²) in [5, 5.41) is 12.9. The van der Waals surface area contributed by atoms with Crippen molar-refractivity contribution in [1.82, 2.24) is 4.37 Å². The van der Waals surface area contributed by atoms with Crippen molar-refractivity contribution in [1.29, 1.82) is 5.26 Å². The lowest BCUT2D eigenvalue weighted by Gasteiger charge is -2.05. The Morgan fingerprint density at radius 1 is 1.50 bits per heavy atom. The minimum atomic E-state index is 0.331. The van der Waals surface area contributed by atoms with Crippen molar-refractivity contribution in [3.63, 3.8) is 0 Å². The van der Waals surface area contributed by atoms with Crippen molar-refractivity contribution < 1.29 is 0 Å². The Morgan fingerprint density at radius 3 is 2.88 bits per heavy atom. The van der Waals surface area contributed by atoms with E-state index in [0.717, 1.165) is 23.9 Å². The number of hydrogen-bond acceptors (Lipinski definition) is 5. The first-order valence-corrected chi connectivity index (χ1v) is 6.31. The number of aromatic nitrogens is 1. The SMILES string of the molecule is CC(C)CCCCNc1snc(N)c1C#N. The van der Waals surface area contributed by atoms with Gasteiger partial charge in [-0.15, -0.1) is 0 Å².